The van der Waals surface area contributed by atoms with Gasteiger partial charge in [-0.05, 0) is 18.6 Å². The van der Waals surface area contributed by atoms with Gasteiger partial charge in [0, 0.05) is 25.3 Å². The second-order valence-corrected chi connectivity index (χ2v) is 5.38. The molecule has 0 saturated carbocycles. The van der Waals surface area contributed by atoms with Crippen molar-refractivity contribution in [1.29, 1.82) is 0 Å². The standard InChI is InChI=1S/C14H18N4O2S/c1-4-8-15-14-17-16-12(21-14)13(19)18(2)10-6-5-7-11(9-10)20-3/h5-7,9H,4,8H2,1-3H3,(H,15,17). The summed E-state index contributed by atoms with van der Waals surface area (Å²) in [5.74, 6) is 0.514. The van der Waals surface area contributed by atoms with Crippen LogP contribution in [0.15, 0.2) is 24.3 Å². The molecule has 21 heavy (non-hydrogen) atoms. The summed E-state index contributed by atoms with van der Waals surface area (Å²) >= 11 is 1.26. The van der Waals surface area contributed by atoms with Crippen LogP contribution < -0.4 is 15.0 Å². The molecule has 0 aliphatic carbocycles. The third kappa shape index (κ3) is 3.69. The van der Waals surface area contributed by atoms with E-state index in [1.54, 1.807) is 20.2 Å². The van der Waals surface area contributed by atoms with Crippen molar-refractivity contribution in [3.8, 4) is 5.75 Å². The number of carbonyl (C=O) groups is 1. The summed E-state index contributed by atoms with van der Waals surface area (Å²) < 4.78 is 5.17. The fraction of sp³-hybridized carbons (Fsp3) is 0.357. The third-order valence-electron chi connectivity index (χ3n) is 2.88. The van der Waals surface area contributed by atoms with Crippen molar-refractivity contribution in [2.24, 2.45) is 0 Å². The van der Waals surface area contributed by atoms with E-state index in [2.05, 4.69) is 22.4 Å². The largest absolute Gasteiger partial charge is 0.497 e. The van der Waals surface area contributed by atoms with Crippen molar-refractivity contribution in [2.75, 3.05) is 30.9 Å². The number of nitrogens with one attached hydrogen (secondary N) is 1. The first kappa shape index (κ1) is 15.2. The van der Waals surface area contributed by atoms with Crippen molar-refractivity contribution in [2.45, 2.75) is 13.3 Å². The van der Waals surface area contributed by atoms with Gasteiger partial charge in [0.05, 0.1) is 7.11 Å². The van der Waals surface area contributed by atoms with Gasteiger partial charge in [0.1, 0.15) is 5.75 Å². The maximum Gasteiger partial charge on any atom is 0.289 e. The SMILES string of the molecule is CCCNc1nnc(C(=O)N(C)c2cccc(OC)c2)s1. The summed E-state index contributed by atoms with van der Waals surface area (Å²) in [5.41, 5.74) is 0.748. The minimum atomic E-state index is -0.190. The second kappa shape index (κ2) is 7.03. The van der Waals surface area contributed by atoms with Gasteiger partial charge in [-0.1, -0.05) is 24.3 Å². The molecule has 1 amide bonds. The Balaban J connectivity index is 2.12. The zero-order valence-electron chi connectivity index (χ0n) is 12.3. The highest BCUT2D eigenvalue weighted by Gasteiger charge is 2.18. The molecule has 7 heteroatoms. The van der Waals surface area contributed by atoms with Crippen LogP contribution in [0.4, 0.5) is 10.8 Å². The number of carbonyl (C=O) groups excluding carboxylic acids is 1. The lowest BCUT2D eigenvalue weighted by Gasteiger charge is -2.16. The molecule has 0 fully saturated rings. The van der Waals surface area contributed by atoms with Gasteiger partial charge in [-0.25, -0.2) is 0 Å². The second-order valence-electron chi connectivity index (χ2n) is 4.40. The molecule has 1 heterocycles. The van der Waals surface area contributed by atoms with Gasteiger partial charge in [-0.15, -0.1) is 10.2 Å². The molecule has 0 aliphatic rings. The van der Waals surface area contributed by atoms with Crippen LogP contribution >= 0.6 is 11.3 Å². The Labute approximate surface area is 127 Å². The fourth-order valence-electron chi connectivity index (χ4n) is 1.69. The lowest BCUT2D eigenvalue weighted by atomic mass is 10.3. The monoisotopic (exact) mass is 306 g/mol. The quantitative estimate of drug-likeness (QED) is 0.888. The molecule has 112 valence electrons. The number of hydrogen-bond donors (Lipinski definition) is 1. The number of benzene rings is 1. The lowest BCUT2D eigenvalue weighted by molar-refractivity contribution is 0.0992. The topological polar surface area (TPSA) is 67.4 Å². The molecule has 0 bridgehead atoms. The van der Waals surface area contributed by atoms with E-state index < -0.39 is 0 Å². The minimum absolute atomic E-state index is 0.190. The average Bonchev–Trinajstić information content (AvgIpc) is 3.00. The number of anilines is 2. The van der Waals surface area contributed by atoms with E-state index in [1.807, 2.05) is 18.2 Å². The molecule has 0 unspecified atom stereocenters. The number of nitrogens with zero attached hydrogens (tertiary/aromatic N) is 3. The fourth-order valence-corrected chi connectivity index (χ4v) is 2.44. The first-order chi connectivity index (χ1) is 10.2. The first-order valence-electron chi connectivity index (χ1n) is 6.65. The van der Waals surface area contributed by atoms with E-state index in [1.165, 1.54) is 16.2 Å². The van der Waals surface area contributed by atoms with Crippen LogP contribution in [0.3, 0.4) is 0 Å². The maximum absolute atomic E-state index is 12.4. The van der Waals surface area contributed by atoms with Gasteiger partial charge in [-0.3, -0.25) is 4.79 Å². The molecule has 1 aromatic carbocycles. The number of methoxy groups -OCH3 is 1. The van der Waals surface area contributed by atoms with Crippen LogP contribution in [-0.2, 0) is 0 Å². The predicted molar refractivity (Wildman–Crippen MR) is 84.4 cm³/mol. The van der Waals surface area contributed by atoms with E-state index >= 15 is 0 Å². The molecular weight excluding hydrogens is 288 g/mol. The van der Waals surface area contributed by atoms with Gasteiger partial charge in [0.25, 0.3) is 5.91 Å². The average molecular weight is 306 g/mol. The van der Waals surface area contributed by atoms with Gasteiger partial charge in [0.15, 0.2) is 0 Å². The van der Waals surface area contributed by atoms with Crippen LogP contribution in [0.1, 0.15) is 23.1 Å². The molecule has 1 aromatic heterocycles. The van der Waals surface area contributed by atoms with E-state index in [-0.39, 0.29) is 5.91 Å². The highest BCUT2D eigenvalue weighted by atomic mass is 32.1. The molecule has 1 N–H and O–H groups in total. The van der Waals surface area contributed by atoms with Crippen LogP contribution in [0.5, 0.6) is 5.75 Å². The molecular formula is C14H18N4O2S. The highest BCUT2D eigenvalue weighted by Crippen LogP contribution is 2.23. The van der Waals surface area contributed by atoms with Gasteiger partial charge in [0.2, 0.25) is 10.1 Å². The zero-order valence-corrected chi connectivity index (χ0v) is 13.1. The van der Waals surface area contributed by atoms with Crippen molar-refractivity contribution < 1.29 is 9.53 Å². The van der Waals surface area contributed by atoms with Crippen LogP contribution in [0.2, 0.25) is 0 Å². The van der Waals surface area contributed by atoms with E-state index in [9.17, 15) is 4.79 Å². The molecule has 6 nitrogen and oxygen atoms in total. The summed E-state index contributed by atoms with van der Waals surface area (Å²) in [6, 6.07) is 7.32. The normalized spacial score (nSPS) is 10.2. The van der Waals surface area contributed by atoms with Crippen LogP contribution in [0, 0.1) is 0 Å². The number of rotatable bonds is 6. The smallest absolute Gasteiger partial charge is 0.289 e. The van der Waals surface area contributed by atoms with Crippen molar-refractivity contribution in [3.63, 3.8) is 0 Å². The first-order valence-corrected chi connectivity index (χ1v) is 7.46. The van der Waals surface area contributed by atoms with Crippen molar-refractivity contribution in [1.82, 2.24) is 10.2 Å². The summed E-state index contributed by atoms with van der Waals surface area (Å²) in [5, 5.41) is 12.1. The third-order valence-corrected chi connectivity index (χ3v) is 3.75. The van der Waals surface area contributed by atoms with Crippen molar-refractivity contribution in [3.05, 3.63) is 29.3 Å². The van der Waals surface area contributed by atoms with E-state index in [0.717, 1.165) is 18.7 Å². The Morgan fingerprint density at radius 2 is 2.24 bits per heavy atom. The Morgan fingerprint density at radius 1 is 1.43 bits per heavy atom. The number of aromatic nitrogens is 2. The van der Waals surface area contributed by atoms with Gasteiger partial charge < -0.3 is 15.0 Å². The molecule has 2 aromatic rings. The Hall–Kier alpha value is -2.15. The number of amides is 1. The molecule has 0 aliphatic heterocycles. The number of hydrogen-bond acceptors (Lipinski definition) is 6. The lowest BCUT2D eigenvalue weighted by Crippen LogP contribution is -2.26. The zero-order chi connectivity index (χ0) is 15.2. The highest BCUT2D eigenvalue weighted by molar-refractivity contribution is 7.17. The number of ether oxygens (including phenoxy) is 1. The summed E-state index contributed by atoms with van der Waals surface area (Å²) in [6.45, 7) is 2.88. The Morgan fingerprint density at radius 3 is 2.95 bits per heavy atom. The molecule has 0 radical (unpaired) electrons. The Kier molecular flexibility index (Phi) is 5.10. The molecule has 0 spiro atoms. The van der Waals surface area contributed by atoms with Crippen molar-refractivity contribution >= 4 is 28.1 Å². The molecule has 2 rings (SSSR count). The van der Waals surface area contributed by atoms with Gasteiger partial charge >= 0.3 is 0 Å². The minimum Gasteiger partial charge on any atom is -0.497 e. The predicted octanol–water partition coefficient (Wildman–Crippen LogP) is 2.65. The summed E-state index contributed by atoms with van der Waals surface area (Å²) in [4.78, 5) is 13.9. The van der Waals surface area contributed by atoms with Gasteiger partial charge in [-0.2, -0.15) is 0 Å². The van der Waals surface area contributed by atoms with Crippen LogP contribution in [-0.4, -0.2) is 36.8 Å². The maximum atomic E-state index is 12.4. The molecule has 0 saturated heterocycles. The van der Waals surface area contributed by atoms with Crippen LogP contribution in [0.25, 0.3) is 0 Å². The molecule has 0 atom stereocenters. The Bertz CT molecular complexity index is 615. The summed E-state index contributed by atoms with van der Waals surface area (Å²) in [7, 11) is 3.30. The summed E-state index contributed by atoms with van der Waals surface area (Å²) in [6.07, 6.45) is 0.993. The van der Waals surface area contributed by atoms with E-state index in [0.29, 0.717) is 15.9 Å². The van der Waals surface area contributed by atoms with E-state index in [4.69, 9.17) is 4.74 Å².